The van der Waals surface area contributed by atoms with Gasteiger partial charge in [0.2, 0.25) is 5.95 Å². The number of anilines is 1. The highest BCUT2D eigenvalue weighted by molar-refractivity contribution is 5.29. The number of hydrogen-bond acceptors (Lipinski definition) is 5. The molecule has 5 heteroatoms. The van der Waals surface area contributed by atoms with Crippen molar-refractivity contribution in [3.8, 4) is 0 Å². The largest absolute Gasteiger partial charge is 0.338 e. The van der Waals surface area contributed by atoms with Gasteiger partial charge in [-0.2, -0.15) is 0 Å². The normalized spacial score (nSPS) is 16.8. The van der Waals surface area contributed by atoms with Crippen molar-refractivity contribution >= 4 is 5.95 Å². The first-order valence-corrected chi connectivity index (χ1v) is 9.26. The van der Waals surface area contributed by atoms with E-state index in [0.29, 0.717) is 6.04 Å². The van der Waals surface area contributed by atoms with Gasteiger partial charge in [0.05, 0.1) is 0 Å². The van der Waals surface area contributed by atoms with Gasteiger partial charge in [-0.05, 0) is 45.0 Å². The summed E-state index contributed by atoms with van der Waals surface area (Å²) in [5.41, 5.74) is 2.70. The van der Waals surface area contributed by atoms with E-state index in [0.717, 1.165) is 45.2 Å². The van der Waals surface area contributed by atoms with Gasteiger partial charge < -0.3 is 10.2 Å². The van der Waals surface area contributed by atoms with Gasteiger partial charge in [0.1, 0.15) is 0 Å². The predicted molar refractivity (Wildman–Crippen MR) is 103 cm³/mol. The number of aryl methyl sites for hydroxylation is 1. The quantitative estimate of drug-likeness (QED) is 0.786. The van der Waals surface area contributed by atoms with Crippen LogP contribution in [-0.2, 0) is 0 Å². The van der Waals surface area contributed by atoms with E-state index >= 15 is 0 Å². The number of nitrogens with one attached hydrogen (secondary N) is 1. The summed E-state index contributed by atoms with van der Waals surface area (Å²) in [6, 6.07) is 11.0. The SMILES string of the molecule is Cc1cccc(C(C)NCCCN2CCN(c3ncccn3)CC2)c1. The molecule has 5 nitrogen and oxygen atoms in total. The molecular weight excluding hydrogens is 310 g/mol. The molecule has 1 saturated heterocycles. The minimum absolute atomic E-state index is 0.409. The van der Waals surface area contributed by atoms with Gasteiger partial charge in [0, 0.05) is 44.6 Å². The molecule has 0 bridgehead atoms. The Morgan fingerprint density at radius 3 is 2.56 bits per heavy atom. The third kappa shape index (κ3) is 5.25. The van der Waals surface area contributed by atoms with Crippen molar-refractivity contribution in [3.63, 3.8) is 0 Å². The lowest BCUT2D eigenvalue weighted by Gasteiger charge is -2.34. The van der Waals surface area contributed by atoms with E-state index < -0.39 is 0 Å². The van der Waals surface area contributed by atoms with Crippen LogP contribution in [0.3, 0.4) is 0 Å². The van der Waals surface area contributed by atoms with Gasteiger partial charge in [-0.3, -0.25) is 4.90 Å². The number of piperazine rings is 1. The maximum absolute atomic E-state index is 4.34. The minimum atomic E-state index is 0.409. The maximum Gasteiger partial charge on any atom is 0.225 e. The van der Waals surface area contributed by atoms with Crippen LogP contribution in [0.1, 0.15) is 30.5 Å². The first kappa shape index (κ1) is 17.8. The molecule has 1 aromatic heterocycles. The fourth-order valence-corrected chi connectivity index (χ4v) is 3.30. The second kappa shape index (κ2) is 8.92. The Morgan fingerprint density at radius 2 is 1.84 bits per heavy atom. The molecule has 2 heterocycles. The fourth-order valence-electron chi connectivity index (χ4n) is 3.30. The van der Waals surface area contributed by atoms with Crippen LogP contribution in [0, 0.1) is 6.92 Å². The Morgan fingerprint density at radius 1 is 1.08 bits per heavy atom. The van der Waals surface area contributed by atoms with Gasteiger partial charge in [-0.1, -0.05) is 29.8 Å². The Balaban J connectivity index is 1.34. The van der Waals surface area contributed by atoms with Crippen LogP contribution in [0.15, 0.2) is 42.7 Å². The average Bonchev–Trinajstić information content (AvgIpc) is 2.66. The molecule has 25 heavy (non-hydrogen) atoms. The molecule has 0 radical (unpaired) electrons. The van der Waals surface area contributed by atoms with E-state index in [1.807, 2.05) is 18.5 Å². The molecule has 1 aromatic carbocycles. The highest BCUT2D eigenvalue weighted by Crippen LogP contribution is 2.14. The Kier molecular flexibility index (Phi) is 6.36. The van der Waals surface area contributed by atoms with Crippen molar-refractivity contribution in [2.24, 2.45) is 0 Å². The smallest absolute Gasteiger partial charge is 0.225 e. The monoisotopic (exact) mass is 339 g/mol. The number of hydrogen-bond donors (Lipinski definition) is 1. The summed E-state index contributed by atoms with van der Waals surface area (Å²) in [6.45, 7) is 10.8. The van der Waals surface area contributed by atoms with Crippen molar-refractivity contribution < 1.29 is 0 Å². The van der Waals surface area contributed by atoms with E-state index in [4.69, 9.17) is 0 Å². The standard InChI is InChI=1S/C20H29N5/c1-17-6-3-7-19(16-17)18(2)21-10-5-11-24-12-14-25(15-13-24)20-22-8-4-9-23-20/h3-4,6-9,16,18,21H,5,10-15H2,1-2H3. The molecule has 0 spiro atoms. The second-order valence-corrected chi connectivity index (χ2v) is 6.82. The van der Waals surface area contributed by atoms with Gasteiger partial charge in [0.25, 0.3) is 0 Å². The van der Waals surface area contributed by atoms with Crippen LogP contribution in [0.5, 0.6) is 0 Å². The molecule has 1 N–H and O–H groups in total. The molecule has 3 rings (SSSR count). The number of benzene rings is 1. The van der Waals surface area contributed by atoms with Gasteiger partial charge in [-0.25, -0.2) is 9.97 Å². The highest BCUT2D eigenvalue weighted by Gasteiger charge is 2.18. The molecule has 1 atom stereocenters. The third-order valence-corrected chi connectivity index (χ3v) is 4.85. The molecule has 0 saturated carbocycles. The van der Waals surface area contributed by atoms with Crippen molar-refractivity contribution in [1.82, 2.24) is 20.2 Å². The lowest BCUT2D eigenvalue weighted by molar-refractivity contribution is 0.252. The van der Waals surface area contributed by atoms with Crippen molar-refractivity contribution in [3.05, 3.63) is 53.9 Å². The van der Waals surface area contributed by atoms with E-state index in [-0.39, 0.29) is 0 Å². The lowest BCUT2D eigenvalue weighted by Crippen LogP contribution is -2.47. The van der Waals surface area contributed by atoms with Crippen LogP contribution < -0.4 is 10.2 Å². The topological polar surface area (TPSA) is 44.3 Å². The zero-order valence-electron chi connectivity index (χ0n) is 15.4. The fraction of sp³-hybridized carbons (Fsp3) is 0.500. The molecule has 0 aliphatic carbocycles. The summed E-state index contributed by atoms with van der Waals surface area (Å²) in [6.07, 6.45) is 4.81. The summed E-state index contributed by atoms with van der Waals surface area (Å²) in [5, 5.41) is 3.64. The Labute approximate surface area is 151 Å². The van der Waals surface area contributed by atoms with Crippen LogP contribution >= 0.6 is 0 Å². The van der Waals surface area contributed by atoms with Gasteiger partial charge in [0.15, 0.2) is 0 Å². The number of nitrogens with zero attached hydrogens (tertiary/aromatic N) is 4. The van der Waals surface area contributed by atoms with Crippen molar-refractivity contribution in [2.75, 3.05) is 44.2 Å². The molecule has 1 unspecified atom stereocenters. The second-order valence-electron chi connectivity index (χ2n) is 6.82. The molecular formula is C20H29N5. The summed E-state index contributed by atoms with van der Waals surface area (Å²) in [7, 11) is 0. The summed E-state index contributed by atoms with van der Waals surface area (Å²) in [4.78, 5) is 13.5. The maximum atomic E-state index is 4.34. The molecule has 0 amide bonds. The van der Waals surface area contributed by atoms with Gasteiger partial charge in [-0.15, -0.1) is 0 Å². The first-order chi connectivity index (χ1) is 12.2. The lowest BCUT2D eigenvalue weighted by atomic mass is 10.1. The molecule has 134 valence electrons. The van der Waals surface area contributed by atoms with Crippen LogP contribution in [0.4, 0.5) is 5.95 Å². The van der Waals surface area contributed by atoms with Crippen molar-refractivity contribution in [2.45, 2.75) is 26.3 Å². The zero-order chi connectivity index (χ0) is 17.5. The first-order valence-electron chi connectivity index (χ1n) is 9.26. The van der Waals surface area contributed by atoms with E-state index in [9.17, 15) is 0 Å². The minimum Gasteiger partial charge on any atom is -0.338 e. The summed E-state index contributed by atoms with van der Waals surface area (Å²) < 4.78 is 0. The van der Waals surface area contributed by atoms with Crippen LogP contribution in [0.2, 0.25) is 0 Å². The molecule has 1 aliphatic rings. The Bertz CT molecular complexity index is 638. The Hall–Kier alpha value is -1.98. The molecule has 1 fully saturated rings. The van der Waals surface area contributed by atoms with E-state index in [1.165, 1.54) is 17.5 Å². The van der Waals surface area contributed by atoms with E-state index in [1.54, 1.807) is 0 Å². The van der Waals surface area contributed by atoms with Crippen molar-refractivity contribution in [1.29, 1.82) is 0 Å². The molecule has 2 aromatic rings. The zero-order valence-corrected chi connectivity index (χ0v) is 15.4. The third-order valence-electron chi connectivity index (χ3n) is 4.85. The summed E-state index contributed by atoms with van der Waals surface area (Å²) in [5.74, 6) is 0.857. The predicted octanol–water partition coefficient (Wildman–Crippen LogP) is 2.65. The average molecular weight is 339 g/mol. The highest BCUT2D eigenvalue weighted by atomic mass is 15.3. The van der Waals surface area contributed by atoms with Gasteiger partial charge >= 0.3 is 0 Å². The summed E-state index contributed by atoms with van der Waals surface area (Å²) >= 11 is 0. The van der Waals surface area contributed by atoms with Crippen LogP contribution in [-0.4, -0.2) is 54.1 Å². The molecule has 1 aliphatic heterocycles. The van der Waals surface area contributed by atoms with E-state index in [2.05, 4.69) is 63.2 Å². The van der Waals surface area contributed by atoms with Crippen LogP contribution in [0.25, 0.3) is 0 Å². The number of aromatic nitrogens is 2. The number of rotatable bonds is 7.